The smallest absolute Gasteiger partial charge is 0.0116 e. The van der Waals surface area contributed by atoms with Crippen molar-refractivity contribution in [3.63, 3.8) is 0 Å². The molecule has 1 saturated carbocycles. The molecule has 0 aromatic heterocycles. The molecule has 16 heavy (non-hydrogen) atoms. The van der Waals surface area contributed by atoms with Gasteiger partial charge in [-0.05, 0) is 50.9 Å². The predicted octanol–water partition coefficient (Wildman–Crippen LogP) is 2.52. The van der Waals surface area contributed by atoms with Gasteiger partial charge in [0.1, 0.15) is 0 Å². The molecular formula is C14H26N2. The minimum absolute atomic E-state index is 0.491. The van der Waals surface area contributed by atoms with Crippen molar-refractivity contribution in [3.8, 4) is 0 Å². The molecule has 2 N–H and O–H groups in total. The first kappa shape index (κ1) is 11.0. The van der Waals surface area contributed by atoms with Gasteiger partial charge >= 0.3 is 0 Å². The summed E-state index contributed by atoms with van der Waals surface area (Å²) in [4.78, 5) is 2.90. The third-order valence-electron chi connectivity index (χ3n) is 5.16. The Balaban J connectivity index is 1.73. The number of piperidine rings is 2. The molecule has 2 saturated heterocycles. The van der Waals surface area contributed by atoms with Crippen molar-refractivity contribution in [1.82, 2.24) is 4.90 Å². The zero-order valence-corrected chi connectivity index (χ0v) is 10.6. The summed E-state index contributed by atoms with van der Waals surface area (Å²) in [6.07, 6.45) is 11.1. The Kier molecular flexibility index (Phi) is 2.97. The van der Waals surface area contributed by atoms with E-state index >= 15 is 0 Å². The van der Waals surface area contributed by atoms with Crippen LogP contribution in [0, 0.1) is 5.92 Å². The normalized spacial score (nSPS) is 49.5. The highest BCUT2D eigenvalue weighted by atomic mass is 15.2. The fourth-order valence-electron chi connectivity index (χ4n) is 4.50. The van der Waals surface area contributed by atoms with Crippen molar-refractivity contribution in [3.05, 3.63) is 0 Å². The second-order valence-corrected chi connectivity index (χ2v) is 6.49. The quantitative estimate of drug-likeness (QED) is 0.738. The van der Waals surface area contributed by atoms with Crippen LogP contribution in [-0.4, -0.2) is 29.1 Å². The number of nitrogens with two attached hydrogens (primary N) is 1. The average molecular weight is 222 g/mol. The van der Waals surface area contributed by atoms with Crippen LogP contribution in [0.1, 0.15) is 58.3 Å². The Hall–Kier alpha value is -0.0800. The summed E-state index contributed by atoms with van der Waals surface area (Å²) in [6.45, 7) is 2.42. The largest absolute Gasteiger partial charge is 0.328 e. The van der Waals surface area contributed by atoms with E-state index in [0.717, 1.165) is 24.0 Å². The first-order valence-corrected chi connectivity index (χ1v) is 7.27. The lowest BCUT2D eigenvalue weighted by molar-refractivity contribution is -0.00421. The lowest BCUT2D eigenvalue weighted by Crippen LogP contribution is -2.58. The molecule has 2 aliphatic heterocycles. The second-order valence-electron chi connectivity index (χ2n) is 6.49. The molecule has 2 bridgehead atoms. The van der Waals surface area contributed by atoms with E-state index in [4.69, 9.17) is 5.73 Å². The minimum atomic E-state index is 0.491. The SMILES string of the molecule is CC1CCC(N2C3CCCC2CC(N)C3)C1. The summed E-state index contributed by atoms with van der Waals surface area (Å²) in [7, 11) is 0. The Morgan fingerprint density at radius 1 is 0.875 bits per heavy atom. The zero-order chi connectivity index (χ0) is 11.1. The van der Waals surface area contributed by atoms with Crippen LogP contribution in [-0.2, 0) is 0 Å². The minimum Gasteiger partial charge on any atom is -0.328 e. The summed E-state index contributed by atoms with van der Waals surface area (Å²) in [5.41, 5.74) is 6.19. The van der Waals surface area contributed by atoms with Gasteiger partial charge in [0.05, 0.1) is 0 Å². The molecule has 0 spiro atoms. The van der Waals surface area contributed by atoms with Gasteiger partial charge in [0, 0.05) is 24.2 Å². The number of nitrogens with zero attached hydrogens (tertiary/aromatic N) is 1. The van der Waals surface area contributed by atoms with Gasteiger partial charge in [0.15, 0.2) is 0 Å². The van der Waals surface area contributed by atoms with Gasteiger partial charge in [-0.1, -0.05) is 13.3 Å². The highest BCUT2D eigenvalue weighted by molar-refractivity contribution is 4.98. The summed E-state index contributed by atoms with van der Waals surface area (Å²) in [5.74, 6) is 0.960. The third kappa shape index (κ3) is 1.91. The van der Waals surface area contributed by atoms with Crippen LogP contribution in [0.3, 0.4) is 0 Å². The van der Waals surface area contributed by atoms with E-state index in [9.17, 15) is 0 Å². The molecule has 0 amide bonds. The highest BCUT2D eigenvalue weighted by Crippen LogP contribution is 2.40. The van der Waals surface area contributed by atoms with Crippen LogP contribution < -0.4 is 5.73 Å². The van der Waals surface area contributed by atoms with E-state index in [0.29, 0.717) is 6.04 Å². The number of fused-ring (bicyclic) bond motifs is 2. The molecular weight excluding hydrogens is 196 g/mol. The monoisotopic (exact) mass is 222 g/mol. The van der Waals surface area contributed by atoms with Crippen molar-refractivity contribution in [1.29, 1.82) is 0 Å². The maximum atomic E-state index is 6.19. The van der Waals surface area contributed by atoms with Crippen LogP contribution >= 0.6 is 0 Å². The molecule has 2 heteroatoms. The van der Waals surface area contributed by atoms with Gasteiger partial charge in [-0.25, -0.2) is 0 Å². The van der Waals surface area contributed by atoms with E-state index in [2.05, 4.69) is 11.8 Å². The average Bonchev–Trinajstić information content (AvgIpc) is 2.63. The molecule has 3 rings (SSSR count). The summed E-state index contributed by atoms with van der Waals surface area (Å²) in [6, 6.07) is 3.05. The van der Waals surface area contributed by atoms with Gasteiger partial charge in [-0.15, -0.1) is 0 Å². The fraction of sp³-hybridized carbons (Fsp3) is 1.00. The van der Waals surface area contributed by atoms with E-state index in [-0.39, 0.29) is 0 Å². The van der Waals surface area contributed by atoms with Gasteiger partial charge < -0.3 is 5.73 Å². The first-order chi connectivity index (χ1) is 7.74. The maximum absolute atomic E-state index is 6.19. The number of rotatable bonds is 1. The van der Waals surface area contributed by atoms with E-state index in [1.54, 1.807) is 0 Å². The summed E-state index contributed by atoms with van der Waals surface area (Å²) < 4.78 is 0. The molecule has 2 nitrogen and oxygen atoms in total. The van der Waals surface area contributed by atoms with E-state index in [1.165, 1.54) is 51.4 Å². The molecule has 92 valence electrons. The van der Waals surface area contributed by atoms with E-state index < -0.39 is 0 Å². The summed E-state index contributed by atoms with van der Waals surface area (Å²) in [5, 5.41) is 0. The standard InChI is InChI=1S/C14H26N2/c1-10-5-6-14(7-10)16-12-3-2-4-13(16)9-11(15)8-12/h10-14H,2-9,15H2,1H3. The van der Waals surface area contributed by atoms with Crippen molar-refractivity contribution in [2.24, 2.45) is 11.7 Å². The van der Waals surface area contributed by atoms with Gasteiger partial charge in [0.2, 0.25) is 0 Å². The van der Waals surface area contributed by atoms with Crippen molar-refractivity contribution >= 4 is 0 Å². The number of hydrogen-bond acceptors (Lipinski definition) is 2. The van der Waals surface area contributed by atoms with Crippen molar-refractivity contribution in [2.75, 3.05) is 0 Å². The molecule has 0 aromatic rings. The Bertz CT molecular complexity index is 234. The predicted molar refractivity (Wildman–Crippen MR) is 67.3 cm³/mol. The van der Waals surface area contributed by atoms with Crippen LogP contribution in [0.5, 0.6) is 0 Å². The molecule has 0 aromatic carbocycles. The Labute approximate surface area is 99.6 Å². The lowest BCUT2D eigenvalue weighted by atomic mass is 9.80. The van der Waals surface area contributed by atoms with Crippen LogP contribution in [0.4, 0.5) is 0 Å². The summed E-state index contributed by atoms with van der Waals surface area (Å²) >= 11 is 0. The molecule has 2 heterocycles. The lowest BCUT2D eigenvalue weighted by Gasteiger charge is -2.51. The van der Waals surface area contributed by atoms with Crippen LogP contribution in [0.25, 0.3) is 0 Å². The van der Waals surface area contributed by atoms with E-state index in [1.807, 2.05) is 0 Å². The zero-order valence-electron chi connectivity index (χ0n) is 10.6. The molecule has 4 unspecified atom stereocenters. The Morgan fingerprint density at radius 3 is 2.06 bits per heavy atom. The number of hydrogen-bond donors (Lipinski definition) is 1. The van der Waals surface area contributed by atoms with Crippen LogP contribution in [0.2, 0.25) is 0 Å². The molecule has 3 aliphatic rings. The molecule has 0 radical (unpaired) electrons. The van der Waals surface area contributed by atoms with Gasteiger partial charge in [-0.3, -0.25) is 4.90 Å². The molecule has 3 fully saturated rings. The molecule has 4 atom stereocenters. The second kappa shape index (κ2) is 4.30. The Morgan fingerprint density at radius 2 is 1.50 bits per heavy atom. The van der Waals surface area contributed by atoms with Gasteiger partial charge in [0.25, 0.3) is 0 Å². The molecule has 1 aliphatic carbocycles. The third-order valence-corrected chi connectivity index (χ3v) is 5.16. The van der Waals surface area contributed by atoms with Crippen molar-refractivity contribution < 1.29 is 0 Å². The van der Waals surface area contributed by atoms with Crippen LogP contribution in [0.15, 0.2) is 0 Å². The van der Waals surface area contributed by atoms with Gasteiger partial charge in [-0.2, -0.15) is 0 Å². The highest BCUT2D eigenvalue weighted by Gasteiger charge is 2.42. The fourth-order valence-corrected chi connectivity index (χ4v) is 4.50. The topological polar surface area (TPSA) is 29.3 Å². The van der Waals surface area contributed by atoms with Crippen molar-refractivity contribution in [2.45, 2.75) is 82.5 Å². The first-order valence-electron chi connectivity index (χ1n) is 7.27. The maximum Gasteiger partial charge on any atom is 0.0116 e.